The molecule has 0 atom stereocenters. The van der Waals surface area contributed by atoms with Gasteiger partial charge >= 0.3 is 0 Å². The smallest absolute Gasteiger partial charge is 0.254 e. The molecule has 1 amide bonds. The van der Waals surface area contributed by atoms with Crippen LogP contribution in [0.25, 0.3) is 0 Å². The maximum atomic E-state index is 12.8. The van der Waals surface area contributed by atoms with Crippen molar-refractivity contribution in [1.29, 1.82) is 0 Å². The van der Waals surface area contributed by atoms with E-state index in [4.69, 9.17) is 0 Å². The van der Waals surface area contributed by atoms with Crippen molar-refractivity contribution in [2.75, 3.05) is 24.5 Å². The number of nitrogens with one attached hydrogen (secondary N) is 1. The summed E-state index contributed by atoms with van der Waals surface area (Å²) in [5.41, 5.74) is 1.43. The predicted molar refractivity (Wildman–Crippen MR) is 90.5 cm³/mol. The Morgan fingerprint density at radius 3 is 2.42 bits per heavy atom. The van der Waals surface area contributed by atoms with E-state index >= 15 is 0 Å². The lowest BCUT2D eigenvalue weighted by Crippen LogP contribution is -2.31. The topological polar surface area (TPSA) is 58.1 Å². The number of aromatic nitrogens is 2. The molecule has 1 aliphatic rings. The maximum Gasteiger partial charge on any atom is 0.254 e. The van der Waals surface area contributed by atoms with E-state index in [1.54, 1.807) is 24.5 Å². The van der Waals surface area contributed by atoms with Gasteiger partial charge in [0.15, 0.2) is 0 Å². The fourth-order valence-electron chi connectivity index (χ4n) is 2.77. The molecule has 1 aliphatic heterocycles. The molecule has 1 N–H and O–H groups in total. The van der Waals surface area contributed by atoms with Gasteiger partial charge in [-0.15, -0.1) is 0 Å². The van der Waals surface area contributed by atoms with Crippen LogP contribution in [0.2, 0.25) is 0 Å². The summed E-state index contributed by atoms with van der Waals surface area (Å²) < 4.78 is 12.8. The van der Waals surface area contributed by atoms with Crippen LogP contribution >= 0.6 is 0 Å². The Kier molecular flexibility index (Phi) is 5.36. The maximum absolute atomic E-state index is 12.8. The highest BCUT2D eigenvalue weighted by molar-refractivity contribution is 5.93. The first-order valence-corrected chi connectivity index (χ1v) is 8.32. The molecule has 1 fully saturated rings. The van der Waals surface area contributed by atoms with Gasteiger partial charge in [0, 0.05) is 32.0 Å². The summed E-state index contributed by atoms with van der Waals surface area (Å²) in [6.45, 7) is 2.44. The molecule has 24 heavy (non-hydrogen) atoms. The highest BCUT2D eigenvalue weighted by Crippen LogP contribution is 2.14. The summed E-state index contributed by atoms with van der Waals surface area (Å²) in [5, 5.41) is 2.83. The first kappa shape index (κ1) is 16.4. The summed E-state index contributed by atoms with van der Waals surface area (Å²) in [4.78, 5) is 22.9. The van der Waals surface area contributed by atoms with E-state index in [0.29, 0.717) is 24.5 Å². The SMILES string of the molecule is O=C(NCCc1ccc(F)cc1)c1cnc(N2CCCCC2)nc1. The van der Waals surface area contributed by atoms with Crippen LogP contribution in [0.1, 0.15) is 35.2 Å². The number of carbonyl (C=O) groups excluding carboxylic acids is 1. The summed E-state index contributed by atoms with van der Waals surface area (Å²) >= 11 is 0. The predicted octanol–water partition coefficient (Wildman–Crippen LogP) is 2.58. The van der Waals surface area contributed by atoms with Crippen molar-refractivity contribution < 1.29 is 9.18 Å². The second kappa shape index (κ2) is 7.86. The monoisotopic (exact) mass is 328 g/mol. The minimum Gasteiger partial charge on any atom is -0.352 e. The Morgan fingerprint density at radius 2 is 1.75 bits per heavy atom. The number of benzene rings is 1. The highest BCUT2D eigenvalue weighted by Gasteiger charge is 2.14. The molecule has 2 heterocycles. The number of hydrogen-bond donors (Lipinski definition) is 1. The highest BCUT2D eigenvalue weighted by atomic mass is 19.1. The van der Waals surface area contributed by atoms with Crippen molar-refractivity contribution in [3.63, 3.8) is 0 Å². The molecule has 0 spiro atoms. The van der Waals surface area contributed by atoms with Gasteiger partial charge in [-0.2, -0.15) is 0 Å². The van der Waals surface area contributed by atoms with Gasteiger partial charge in [0.05, 0.1) is 5.56 Å². The molecule has 126 valence electrons. The van der Waals surface area contributed by atoms with Crippen LogP contribution in [0.5, 0.6) is 0 Å². The van der Waals surface area contributed by atoms with E-state index in [1.807, 2.05) is 0 Å². The number of anilines is 1. The van der Waals surface area contributed by atoms with Gasteiger partial charge in [0.1, 0.15) is 5.82 Å². The first-order valence-electron chi connectivity index (χ1n) is 8.32. The van der Waals surface area contributed by atoms with E-state index < -0.39 is 0 Å². The van der Waals surface area contributed by atoms with Crippen molar-refractivity contribution in [2.24, 2.45) is 0 Å². The molecule has 1 saturated heterocycles. The molecule has 2 aromatic rings. The second-order valence-corrected chi connectivity index (χ2v) is 5.95. The normalized spacial score (nSPS) is 14.5. The summed E-state index contributed by atoms with van der Waals surface area (Å²) in [6.07, 6.45) is 7.38. The summed E-state index contributed by atoms with van der Waals surface area (Å²) in [5.74, 6) is 0.244. The average Bonchev–Trinajstić information content (AvgIpc) is 2.64. The number of carbonyl (C=O) groups is 1. The Balaban J connectivity index is 1.50. The molecule has 0 radical (unpaired) electrons. The van der Waals surface area contributed by atoms with Gasteiger partial charge in [-0.3, -0.25) is 4.79 Å². The number of amides is 1. The van der Waals surface area contributed by atoms with Crippen LogP contribution in [0.15, 0.2) is 36.7 Å². The largest absolute Gasteiger partial charge is 0.352 e. The van der Waals surface area contributed by atoms with Crippen molar-refractivity contribution in [3.05, 3.63) is 53.6 Å². The quantitative estimate of drug-likeness (QED) is 0.916. The van der Waals surface area contributed by atoms with Crippen LogP contribution in [0.3, 0.4) is 0 Å². The third-order valence-corrected chi connectivity index (χ3v) is 4.15. The van der Waals surface area contributed by atoms with Gasteiger partial charge in [0.25, 0.3) is 5.91 Å². The van der Waals surface area contributed by atoms with Crippen LogP contribution in [0, 0.1) is 5.82 Å². The first-order chi connectivity index (χ1) is 11.7. The molecule has 1 aromatic heterocycles. The van der Waals surface area contributed by atoms with Gasteiger partial charge in [0.2, 0.25) is 5.95 Å². The number of hydrogen-bond acceptors (Lipinski definition) is 4. The van der Waals surface area contributed by atoms with Crippen molar-refractivity contribution in [2.45, 2.75) is 25.7 Å². The number of nitrogens with zero attached hydrogens (tertiary/aromatic N) is 3. The summed E-state index contributed by atoms with van der Waals surface area (Å²) in [6, 6.07) is 6.28. The van der Waals surface area contributed by atoms with Gasteiger partial charge < -0.3 is 10.2 Å². The van der Waals surface area contributed by atoms with Crippen LogP contribution in [-0.2, 0) is 6.42 Å². The van der Waals surface area contributed by atoms with Crippen LogP contribution in [0.4, 0.5) is 10.3 Å². The van der Waals surface area contributed by atoms with E-state index in [1.165, 1.54) is 18.6 Å². The fourth-order valence-corrected chi connectivity index (χ4v) is 2.77. The minimum absolute atomic E-state index is 0.192. The zero-order chi connectivity index (χ0) is 16.8. The zero-order valence-electron chi connectivity index (χ0n) is 13.5. The lowest BCUT2D eigenvalue weighted by atomic mass is 10.1. The average molecular weight is 328 g/mol. The third-order valence-electron chi connectivity index (χ3n) is 4.15. The second-order valence-electron chi connectivity index (χ2n) is 5.95. The molecule has 0 unspecified atom stereocenters. The summed E-state index contributed by atoms with van der Waals surface area (Å²) in [7, 11) is 0. The number of rotatable bonds is 5. The van der Waals surface area contributed by atoms with Gasteiger partial charge in [-0.25, -0.2) is 14.4 Å². The molecule has 6 heteroatoms. The standard InChI is InChI=1S/C18H21FN4O/c19-16-6-4-14(5-7-16)8-9-20-17(24)15-12-21-18(22-13-15)23-10-2-1-3-11-23/h4-7,12-13H,1-3,8-11H2,(H,20,24). The molecule has 0 saturated carbocycles. The molecule has 1 aromatic carbocycles. The van der Waals surface area contributed by atoms with Gasteiger partial charge in [-0.05, 0) is 43.4 Å². The van der Waals surface area contributed by atoms with Crippen LogP contribution < -0.4 is 10.2 Å². The molecule has 3 rings (SSSR count). The van der Waals surface area contributed by atoms with E-state index in [-0.39, 0.29) is 11.7 Å². The Morgan fingerprint density at radius 1 is 1.08 bits per heavy atom. The third kappa shape index (κ3) is 4.28. The fraction of sp³-hybridized carbons (Fsp3) is 0.389. The number of piperidine rings is 1. The van der Waals surface area contributed by atoms with Crippen molar-refractivity contribution in [3.8, 4) is 0 Å². The molecule has 0 aliphatic carbocycles. The van der Waals surface area contributed by atoms with Crippen LogP contribution in [-0.4, -0.2) is 35.5 Å². The molecular formula is C18H21FN4O. The number of halogens is 1. The van der Waals surface area contributed by atoms with E-state index in [0.717, 1.165) is 31.5 Å². The molecule has 5 nitrogen and oxygen atoms in total. The lowest BCUT2D eigenvalue weighted by molar-refractivity contribution is 0.0953. The Labute approximate surface area is 140 Å². The van der Waals surface area contributed by atoms with Crippen molar-refractivity contribution in [1.82, 2.24) is 15.3 Å². The molecular weight excluding hydrogens is 307 g/mol. The van der Waals surface area contributed by atoms with Crippen molar-refractivity contribution >= 4 is 11.9 Å². The molecule has 0 bridgehead atoms. The van der Waals surface area contributed by atoms with E-state index in [9.17, 15) is 9.18 Å². The zero-order valence-corrected chi connectivity index (χ0v) is 13.5. The van der Waals surface area contributed by atoms with Gasteiger partial charge in [-0.1, -0.05) is 12.1 Å². The Bertz CT molecular complexity index is 666. The minimum atomic E-state index is -0.256. The van der Waals surface area contributed by atoms with E-state index in [2.05, 4.69) is 20.2 Å². The lowest BCUT2D eigenvalue weighted by Gasteiger charge is -2.26. The Hall–Kier alpha value is -2.50.